The van der Waals surface area contributed by atoms with Gasteiger partial charge >= 0.3 is 5.97 Å². The summed E-state index contributed by atoms with van der Waals surface area (Å²) in [5.74, 6) is -1.86. The minimum Gasteiger partial charge on any atom is -0.459 e. The Labute approximate surface area is 154 Å². The van der Waals surface area contributed by atoms with Crippen LogP contribution in [0.1, 0.15) is 31.8 Å². The van der Waals surface area contributed by atoms with E-state index < -0.39 is 24.3 Å². The van der Waals surface area contributed by atoms with Crippen LogP contribution in [-0.4, -0.2) is 29.2 Å². The lowest BCUT2D eigenvalue weighted by atomic mass is 10.1. The summed E-state index contributed by atoms with van der Waals surface area (Å²) in [6.07, 6.45) is 0. The molecular weight excluding hydrogens is 365 g/mol. The molecule has 0 N–H and O–H groups in total. The van der Waals surface area contributed by atoms with E-state index in [1.54, 1.807) is 0 Å². The first kappa shape index (κ1) is 17.5. The second kappa shape index (κ2) is 6.86. The zero-order valence-electron chi connectivity index (χ0n) is 13.2. The number of ether oxygens (including phenoxy) is 1. The van der Waals surface area contributed by atoms with Gasteiger partial charge < -0.3 is 4.74 Å². The molecule has 0 atom stereocenters. The average Bonchev–Trinajstić information content (AvgIpc) is 2.78. The van der Waals surface area contributed by atoms with Gasteiger partial charge in [-0.2, -0.15) is 0 Å². The van der Waals surface area contributed by atoms with E-state index in [0.717, 1.165) is 16.0 Å². The monoisotopic (exact) mass is 377 g/mol. The first-order valence-electron chi connectivity index (χ1n) is 7.43. The minimum atomic E-state index is -0.673. The SMILES string of the molecule is Cc1cccc(COC(=O)CN2C(=O)c3cc(Cl)c(Cl)cc3C2=O)c1. The van der Waals surface area contributed by atoms with Crippen molar-refractivity contribution in [3.05, 3.63) is 68.7 Å². The van der Waals surface area contributed by atoms with Crippen LogP contribution in [0.5, 0.6) is 0 Å². The van der Waals surface area contributed by atoms with E-state index in [4.69, 9.17) is 27.9 Å². The van der Waals surface area contributed by atoms with Gasteiger partial charge in [-0.3, -0.25) is 19.3 Å². The normalized spacial score (nSPS) is 13.2. The zero-order valence-corrected chi connectivity index (χ0v) is 14.7. The first-order chi connectivity index (χ1) is 11.9. The molecule has 5 nitrogen and oxygen atoms in total. The number of aryl methyl sites for hydroxylation is 1. The van der Waals surface area contributed by atoms with Gasteiger partial charge in [0.15, 0.2) is 0 Å². The second-order valence-electron chi connectivity index (χ2n) is 5.66. The predicted molar refractivity (Wildman–Crippen MR) is 92.8 cm³/mol. The Morgan fingerprint density at radius 1 is 1.04 bits per heavy atom. The summed E-state index contributed by atoms with van der Waals surface area (Å²) in [7, 11) is 0. The predicted octanol–water partition coefficient (Wildman–Crippen LogP) is 3.64. The summed E-state index contributed by atoms with van der Waals surface area (Å²) in [4.78, 5) is 37.5. The van der Waals surface area contributed by atoms with Gasteiger partial charge in [0.1, 0.15) is 13.2 Å². The molecule has 0 aliphatic carbocycles. The highest BCUT2D eigenvalue weighted by Gasteiger charge is 2.37. The largest absolute Gasteiger partial charge is 0.459 e. The molecule has 1 aliphatic heterocycles. The van der Waals surface area contributed by atoms with E-state index in [2.05, 4.69) is 0 Å². The fourth-order valence-corrected chi connectivity index (χ4v) is 2.90. The topological polar surface area (TPSA) is 63.7 Å². The van der Waals surface area contributed by atoms with Crippen molar-refractivity contribution >= 4 is 41.0 Å². The molecule has 0 unspecified atom stereocenters. The maximum Gasteiger partial charge on any atom is 0.326 e. The molecule has 2 amide bonds. The number of halogens is 2. The summed E-state index contributed by atoms with van der Waals surface area (Å²) in [6, 6.07) is 10.2. The number of carbonyl (C=O) groups excluding carboxylic acids is 3. The van der Waals surface area contributed by atoms with E-state index in [9.17, 15) is 14.4 Å². The van der Waals surface area contributed by atoms with Crippen molar-refractivity contribution < 1.29 is 19.1 Å². The highest BCUT2D eigenvalue weighted by atomic mass is 35.5. The van der Waals surface area contributed by atoms with Crippen LogP contribution in [-0.2, 0) is 16.1 Å². The zero-order chi connectivity index (χ0) is 18.1. The van der Waals surface area contributed by atoms with Gasteiger partial charge in [0.2, 0.25) is 0 Å². The number of nitrogens with zero attached hydrogens (tertiary/aromatic N) is 1. The lowest BCUT2D eigenvalue weighted by Gasteiger charge is -2.13. The molecule has 0 spiro atoms. The lowest BCUT2D eigenvalue weighted by molar-refractivity contribution is -0.145. The van der Waals surface area contributed by atoms with Gasteiger partial charge in [0, 0.05) is 0 Å². The smallest absolute Gasteiger partial charge is 0.326 e. The quantitative estimate of drug-likeness (QED) is 0.602. The number of amides is 2. The van der Waals surface area contributed by atoms with Crippen molar-refractivity contribution in [2.45, 2.75) is 13.5 Å². The van der Waals surface area contributed by atoms with Crippen LogP contribution in [0.25, 0.3) is 0 Å². The third kappa shape index (κ3) is 3.52. The third-order valence-electron chi connectivity index (χ3n) is 3.78. The number of esters is 1. The van der Waals surface area contributed by atoms with Gasteiger partial charge in [0.25, 0.3) is 11.8 Å². The molecule has 2 aromatic rings. The number of hydrogen-bond acceptors (Lipinski definition) is 4. The lowest BCUT2D eigenvalue weighted by Crippen LogP contribution is -2.35. The van der Waals surface area contributed by atoms with Crippen LogP contribution in [0.2, 0.25) is 10.0 Å². The van der Waals surface area contributed by atoms with E-state index in [-0.39, 0.29) is 27.8 Å². The summed E-state index contributed by atoms with van der Waals surface area (Å²) in [5, 5.41) is 0.343. The molecule has 0 bridgehead atoms. The number of hydrogen-bond donors (Lipinski definition) is 0. The van der Waals surface area contributed by atoms with Gasteiger partial charge in [0.05, 0.1) is 21.2 Å². The Hall–Kier alpha value is -2.37. The number of imide groups is 1. The Bertz CT molecular complexity index is 854. The Balaban J connectivity index is 1.68. The highest BCUT2D eigenvalue weighted by Crippen LogP contribution is 2.31. The maximum atomic E-state index is 12.3. The Morgan fingerprint density at radius 2 is 1.64 bits per heavy atom. The van der Waals surface area contributed by atoms with Crippen LogP contribution in [0.4, 0.5) is 0 Å². The molecule has 0 saturated heterocycles. The summed E-state index contributed by atoms with van der Waals surface area (Å²) >= 11 is 11.8. The Morgan fingerprint density at radius 3 is 2.20 bits per heavy atom. The number of benzene rings is 2. The molecule has 0 aromatic heterocycles. The van der Waals surface area contributed by atoms with Crippen LogP contribution in [0, 0.1) is 6.92 Å². The van der Waals surface area contributed by atoms with Crippen molar-refractivity contribution in [3.8, 4) is 0 Å². The summed E-state index contributed by atoms with van der Waals surface area (Å²) in [6.45, 7) is 1.54. The molecular formula is C18H13Cl2NO4. The van der Waals surface area contributed by atoms with Gasteiger partial charge in [-0.1, -0.05) is 53.0 Å². The minimum absolute atomic E-state index is 0.0708. The van der Waals surface area contributed by atoms with Gasteiger partial charge in [-0.05, 0) is 24.6 Å². The maximum absolute atomic E-state index is 12.3. The third-order valence-corrected chi connectivity index (χ3v) is 4.50. The van der Waals surface area contributed by atoms with Gasteiger partial charge in [-0.25, -0.2) is 0 Å². The molecule has 0 saturated carbocycles. The van der Waals surface area contributed by atoms with E-state index in [0.29, 0.717) is 0 Å². The first-order valence-corrected chi connectivity index (χ1v) is 8.19. The molecule has 1 aliphatic rings. The highest BCUT2D eigenvalue weighted by molar-refractivity contribution is 6.43. The fraction of sp³-hybridized carbons (Fsp3) is 0.167. The van der Waals surface area contributed by atoms with E-state index in [1.807, 2.05) is 31.2 Å². The Kier molecular flexibility index (Phi) is 4.79. The molecule has 2 aromatic carbocycles. The summed E-state index contributed by atoms with van der Waals surface area (Å²) < 4.78 is 5.15. The molecule has 0 fully saturated rings. The number of carbonyl (C=O) groups is 3. The fourth-order valence-electron chi connectivity index (χ4n) is 2.57. The second-order valence-corrected chi connectivity index (χ2v) is 6.47. The van der Waals surface area contributed by atoms with E-state index >= 15 is 0 Å². The van der Waals surface area contributed by atoms with Crippen LogP contribution in [0.3, 0.4) is 0 Å². The van der Waals surface area contributed by atoms with Crippen molar-refractivity contribution in [2.24, 2.45) is 0 Å². The molecule has 128 valence electrons. The van der Waals surface area contributed by atoms with Gasteiger partial charge in [-0.15, -0.1) is 0 Å². The molecule has 3 rings (SSSR count). The number of rotatable bonds is 4. The summed E-state index contributed by atoms with van der Waals surface area (Å²) in [5.41, 5.74) is 2.13. The van der Waals surface area contributed by atoms with Crippen LogP contribution < -0.4 is 0 Å². The number of fused-ring (bicyclic) bond motifs is 1. The van der Waals surface area contributed by atoms with Crippen molar-refractivity contribution in [2.75, 3.05) is 6.54 Å². The average molecular weight is 378 g/mol. The standard InChI is InChI=1S/C18H13Cl2NO4/c1-10-3-2-4-11(5-10)9-25-16(22)8-21-17(23)12-6-14(19)15(20)7-13(12)18(21)24/h2-7H,8-9H2,1H3. The molecule has 0 radical (unpaired) electrons. The van der Waals surface area contributed by atoms with Crippen molar-refractivity contribution in [3.63, 3.8) is 0 Å². The molecule has 7 heteroatoms. The van der Waals surface area contributed by atoms with Crippen LogP contribution >= 0.6 is 23.2 Å². The molecule has 1 heterocycles. The van der Waals surface area contributed by atoms with Crippen LogP contribution in [0.15, 0.2) is 36.4 Å². The molecule has 25 heavy (non-hydrogen) atoms. The van der Waals surface area contributed by atoms with Crippen molar-refractivity contribution in [1.82, 2.24) is 4.90 Å². The van der Waals surface area contributed by atoms with E-state index in [1.165, 1.54) is 12.1 Å². The van der Waals surface area contributed by atoms with Crippen molar-refractivity contribution in [1.29, 1.82) is 0 Å².